The summed E-state index contributed by atoms with van der Waals surface area (Å²) in [6.45, 7) is 0. The summed E-state index contributed by atoms with van der Waals surface area (Å²) in [5, 5.41) is 7.46. The third-order valence-corrected chi connectivity index (χ3v) is 14.0. The number of aromatic nitrogens is 4. The average molecular weight is 879 g/mol. The highest BCUT2D eigenvalue weighted by Gasteiger charge is 2.19. The van der Waals surface area contributed by atoms with E-state index >= 15 is 0 Å². The fourth-order valence-electron chi connectivity index (χ4n) is 10.9. The summed E-state index contributed by atoms with van der Waals surface area (Å²) in [6.07, 6.45) is 0. The molecule has 0 bridgehead atoms. The van der Waals surface area contributed by atoms with E-state index in [-0.39, 0.29) is 0 Å². The molecule has 4 heteroatoms. The molecule has 4 heterocycles. The van der Waals surface area contributed by atoms with Gasteiger partial charge in [0.05, 0.1) is 44.5 Å². The lowest BCUT2D eigenvalue weighted by Gasteiger charge is -2.16. The molecular formula is C65H42N4. The van der Waals surface area contributed by atoms with Crippen LogP contribution in [-0.2, 0) is 0 Å². The summed E-state index contributed by atoms with van der Waals surface area (Å²) in [6, 6.07) is 92.4. The van der Waals surface area contributed by atoms with Crippen LogP contribution in [0.5, 0.6) is 0 Å². The molecule has 0 amide bonds. The summed E-state index contributed by atoms with van der Waals surface area (Å²) in [5.74, 6) is 0. The Balaban J connectivity index is 0.940. The van der Waals surface area contributed by atoms with Gasteiger partial charge in [0.2, 0.25) is 0 Å². The third kappa shape index (κ3) is 6.34. The van der Waals surface area contributed by atoms with Crippen molar-refractivity contribution in [1.29, 1.82) is 0 Å². The zero-order chi connectivity index (χ0) is 45.4. The number of hydrogen-bond donors (Lipinski definition) is 0. The first-order valence-electron chi connectivity index (χ1n) is 23.6. The predicted octanol–water partition coefficient (Wildman–Crippen LogP) is 17.0. The molecule has 0 unspecified atom stereocenters. The van der Waals surface area contributed by atoms with Crippen LogP contribution in [0.15, 0.2) is 255 Å². The molecule has 14 rings (SSSR count). The Morgan fingerprint density at radius 1 is 0.203 bits per heavy atom. The van der Waals surface area contributed by atoms with Gasteiger partial charge < -0.3 is 13.7 Å². The van der Waals surface area contributed by atoms with Gasteiger partial charge in [0.25, 0.3) is 0 Å². The molecule has 69 heavy (non-hydrogen) atoms. The minimum Gasteiger partial charge on any atom is -0.309 e. The Hall–Kier alpha value is -9.25. The lowest BCUT2D eigenvalue weighted by molar-refractivity contribution is 1.13. The second-order valence-corrected chi connectivity index (χ2v) is 18.0. The molecule has 0 atom stereocenters. The van der Waals surface area contributed by atoms with E-state index in [2.05, 4.69) is 268 Å². The van der Waals surface area contributed by atoms with Crippen LogP contribution in [0.25, 0.3) is 127 Å². The Bertz CT molecular complexity index is 4010. The smallest absolute Gasteiger partial charge is 0.0715 e. The lowest BCUT2D eigenvalue weighted by atomic mass is 9.97. The second-order valence-electron chi connectivity index (χ2n) is 18.0. The zero-order valence-electron chi connectivity index (χ0n) is 37.5. The van der Waals surface area contributed by atoms with Crippen LogP contribution in [0.2, 0.25) is 0 Å². The monoisotopic (exact) mass is 878 g/mol. The van der Waals surface area contributed by atoms with Gasteiger partial charge in [-0.15, -0.1) is 0 Å². The Labute approximate surface area is 398 Å². The summed E-state index contributed by atoms with van der Waals surface area (Å²) in [5.41, 5.74) is 18.9. The normalized spacial score (nSPS) is 11.8. The number of hydrogen-bond acceptors (Lipinski definition) is 1. The highest BCUT2D eigenvalue weighted by atomic mass is 15.0. The van der Waals surface area contributed by atoms with Gasteiger partial charge in [0, 0.05) is 60.5 Å². The number of fused-ring (bicyclic) bond motifs is 9. The van der Waals surface area contributed by atoms with Crippen LogP contribution < -0.4 is 0 Å². The van der Waals surface area contributed by atoms with Crippen molar-refractivity contribution in [3.63, 3.8) is 0 Å². The summed E-state index contributed by atoms with van der Waals surface area (Å²) < 4.78 is 7.23. The highest BCUT2D eigenvalue weighted by Crippen LogP contribution is 2.40. The Kier molecular flexibility index (Phi) is 8.86. The number of nitrogens with zero attached hydrogens (tertiary/aromatic N) is 4. The zero-order valence-corrected chi connectivity index (χ0v) is 37.5. The van der Waals surface area contributed by atoms with Crippen molar-refractivity contribution in [2.45, 2.75) is 0 Å². The van der Waals surface area contributed by atoms with Gasteiger partial charge in [-0.05, 0) is 107 Å². The molecule has 0 radical (unpaired) electrons. The van der Waals surface area contributed by atoms with Crippen molar-refractivity contribution in [3.05, 3.63) is 255 Å². The van der Waals surface area contributed by atoms with Crippen LogP contribution in [-0.4, -0.2) is 18.7 Å². The third-order valence-electron chi connectivity index (χ3n) is 14.0. The van der Waals surface area contributed by atoms with Gasteiger partial charge in [0.1, 0.15) is 0 Å². The molecule has 4 aromatic heterocycles. The van der Waals surface area contributed by atoms with Gasteiger partial charge in [-0.2, -0.15) is 0 Å². The van der Waals surface area contributed by atoms with E-state index in [0.717, 1.165) is 61.8 Å². The van der Waals surface area contributed by atoms with Gasteiger partial charge in [-0.25, -0.2) is 4.98 Å². The number of benzene rings is 10. The molecule has 0 saturated heterocycles. The van der Waals surface area contributed by atoms with Crippen LogP contribution in [0.4, 0.5) is 0 Å². The van der Waals surface area contributed by atoms with E-state index in [4.69, 9.17) is 4.98 Å². The molecule has 0 spiro atoms. The van der Waals surface area contributed by atoms with Gasteiger partial charge in [-0.1, -0.05) is 170 Å². The highest BCUT2D eigenvalue weighted by molar-refractivity contribution is 6.11. The first kappa shape index (κ1) is 39.0. The molecular weight excluding hydrogens is 837 g/mol. The number of para-hydroxylation sites is 6. The molecule has 0 aliphatic carbocycles. The quantitative estimate of drug-likeness (QED) is 0.157. The maximum absolute atomic E-state index is 5.40. The fraction of sp³-hybridized carbons (Fsp3) is 0. The molecule has 0 saturated carbocycles. The number of pyridine rings is 1. The van der Waals surface area contributed by atoms with Crippen molar-refractivity contribution in [1.82, 2.24) is 18.7 Å². The van der Waals surface area contributed by atoms with E-state index < -0.39 is 0 Å². The summed E-state index contributed by atoms with van der Waals surface area (Å²) >= 11 is 0. The molecule has 0 aliphatic heterocycles. The van der Waals surface area contributed by atoms with Crippen LogP contribution >= 0.6 is 0 Å². The standard InChI is InChI=1S/C65H42N4/c1-2-17-44(18-3-1)58-40-48(43-33-35-49(36-34-43)67-60-27-10-4-21-52(60)53-22-5-11-28-61(53)67)41-59(66-58)46-20-16-19-45(37-46)47-38-50(68-62-29-12-6-23-54(62)55-24-7-13-30-63(55)68)42-51(39-47)69-64-31-14-8-25-56(64)57-26-9-15-32-65(57)69/h1-42H. The summed E-state index contributed by atoms with van der Waals surface area (Å²) in [7, 11) is 0. The van der Waals surface area contributed by atoms with E-state index in [9.17, 15) is 0 Å². The van der Waals surface area contributed by atoms with Crippen molar-refractivity contribution in [2.75, 3.05) is 0 Å². The van der Waals surface area contributed by atoms with E-state index in [1.165, 1.54) is 65.4 Å². The minimum absolute atomic E-state index is 0.917. The van der Waals surface area contributed by atoms with Gasteiger partial charge in [0.15, 0.2) is 0 Å². The van der Waals surface area contributed by atoms with Crippen molar-refractivity contribution in [2.24, 2.45) is 0 Å². The minimum atomic E-state index is 0.917. The maximum Gasteiger partial charge on any atom is 0.0715 e. The first-order valence-corrected chi connectivity index (χ1v) is 23.6. The Morgan fingerprint density at radius 2 is 0.551 bits per heavy atom. The van der Waals surface area contributed by atoms with E-state index in [1.807, 2.05) is 0 Å². The van der Waals surface area contributed by atoms with Crippen molar-refractivity contribution >= 4 is 65.4 Å². The molecule has 322 valence electrons. The SMILES string of the molecule is c1ccc(-c2cc(-c3ccc(-n4c5ccccc5c5ccccc54)cc3)cc(-c3cccc(-c4cc(-n5c6ccccc6c6ccccc65)cc(-n5c6ccccc6c6ccccc65)c4)c3)n2)cc1. The summed E-state index contributed by atoms with van der Waals surface area (Å²) in [4.78, 5) is 5.40. The number of rotatable bonds is 7. The second kappa shape index (κ2) is 15.7. The topological polar surface area (TPSA) is 27.7 Å². The Morgan fingerprint density at radius 3 is 1.00 bits per heavy atom. The molecule has 0 aliphatic rings. The van der Waals surface area contributed by atoms with Crippen LogP contribution in [0, 0.1) is 0 Å². The largest absolute Gasteiger partial charge is 0.309 e. The fourth-order valence-corrected chi connectivity index (χ4v) is 10.9. The van der Waals surface area contributed by atoms with Crippen LogP contribution in [0.3, 0.4) is 0 Å². The first-order chi connectivity index (χ1) is 34.2. The van der Waals surface area contributed by atoms with Gasteiger partial charge in [-0.3, -0.25) is 0 Å². The maximum atomic E-state index is 5.40. The van der Waals surface area contributed by atoms with E-state index in [0.29, 0.717) is 0 Å². The molecule has 14 aromatic rings. The van der Waals surface area contributed by atoms with Crippen molar-refractivity contribution in [3.8, 4) is 61.8 Å². The average Bonchev–Trinajstić information content (AvgIpc) is 4.07. The molecule has 10 aromatic carbocycles. The lowest BCUT2D eigenvalue weighted by Crippen LogP contribution is -2.00. The van der Waals surface area contributed by atoms with Crippen molar-refractivity contribution < 1.29 is 0 Å². The molecule has 0 N–H and O–H groups in total. The van der Waals surface area contributed by atoms with Gasteiger partial charge >= 0.3 is 0 Å². The van der Waals surface area contributed by atoms with Crippen LogP contribution in [0.1, 0.15) is 0 Å². The molecule has 0 fully saturated rings. The molecule has 4 nitrogen and oxygen atoms in total. The predicted molar refractivity (Wildman–Crippen MR) is 289 cm³/mol. The van der Waals surface area contributed by atoms with E-state index in [1.54, 1.807) is 0 Å².